The number of halogens is 1. The summed E-state index contributed by atoms with van der Waals surface area (Å²) in [6.07, 6.45) is 5.34. The SMILES string of the molecule is CC(c1ccc(-c2ccc(=O)n(C)c2)cc1)N1CCC(CCCO)(c2ccccc2)OC1=O.COc1ccc(C(C)N2CCC(CCCNS(C)(=O)=O)(c3ccc(F)cc3)OC2=O)cc1. The van der Waals surface area contributed by atoms with Crippen LogP contribution < -0.4 is 15.0 Å². The maximum atomic E-state index is 13.5. The Labute approximate surface area is 380 Å². The molecule has 0 radical (unpaired) electrons. The molecule has 13 nitrogen and oxygen atoms in total. The molecule has 2 N–H and O–H groups in total. The summed E-state index contributed by atoms with van der Waals surface area (Å²) in [5, 5.41) is 9.38. The molecule has 0 bridgehead atoms. The maximum Gasteiger partial charge on any atom is 0.411 e. The van der Waals surface area contributed by atoms with Crippen LogP contribution in [-0.2, 0) is 37.7 Å². The molecule has 2 amide bonds. The minimum absolute atomic E-state index is 0.0434. The lowest BCUT2D eigenvalue weighted by molar-refractivity contribution is -0.0681. The quantitative estimate of drug-likeness (QED) is 0.0926. The number of carbonyl (C=O) groups is 2. The highest BCUT2D eigenvalue weighted by molar-refractivity contribution is 7.88. The van der Waals surface area contributed by atoms with Crippen LogP contribution in [0, 0.1) is 5.82 Å². The molecular formula is C50H59FN4O9S. The highest BCUT2D eigenvalue weighted by Gasteiger charge is 2.44. The van der Waals surface area contributed by atoms with E-state index in [2.05, 4.69) is 4.72 Å². The maximum absolute atomic E-state index is 13.5. The van der Waals surface area contributed by atoms with Crippen LogP contribution in [0.2, 0.25) is 0 Å². The molecule has 2 aliphatic rings. The number of rotatable bonds is 16. The number of hydrogen-bond donors (Lipinski definition) is 2. The molecule has 15 heteroatoms. The van der Waals surface area contributed by atoms with Crippen molar-refractivity contribution < 1.29 is 41.7 Å². The summed E-state index contributed by atoms with van der Waals surface area (Å²) >= 11 is 0. The number of pyridine rings is 1. The van der Waals surface area contributed by atoms with E-state index >= 15 is 0 Å². The van der Waals surface area contributed by atoms with Crippen LogP contribution in [0.3, 0.4) is 0 Å². The summed E-state index contributed by atoms with van der Waals surface area (Å²) < 4.78 is 57.5. The number of aromatic nitrogens is 1. The number of aliphatic hydroxyl groups is 1. The summed E-state index contributed by atoms with van der Waals surface area (Å²) in [7, 11) is 0.0264. The molecule has 346 valence electrons. The van der Waals surface area contributed by atoms with Crippen molar-refractivity contribution in [2.75, 3.05) is 39.6 Å². The molecule has 5 aromatic rings. The zero-order chi connectivity index (χ0) is 46.8. The molecule has 65 heavy (non-hydrogen) atoms. The fourth-order valence-electron chi connectivity index (χ4n) is 8.54. The van der Waals surface area contributed by atoms with Crippen molar-refractivity contribution in [2.45, 2.75) is 75.7 Å². The number of ether oxygens (including phenoxy) is 3. The Morgan fingerprint density at radius 1 is 0.723 bits per heavy atom. The van der Waals surface area contributed by atoms with Gasteiger partial charge >= 0.3 is 12.2 Å². The molecule has 4 aromatic carbocycles. The minimum atomic E-state index is -3.31. The van der Waals surface area contributed by atoms with Gasteiger partial charge in [0.25, 0.3) is 0 Å². The summed E-state index contributed by atoms with van der Waals surface area (Å²) in [5.74, 6) is 0.361. The summed E-state index contributed by atoms with van der Waals surface area (Å²) in [6, 6.07) is 34.3. The highest BCUT2D eigenvalue weighted by atomic mass is 32.2. The van der Waals surface area contributed by atoms with Gasteiger partial charge in [0, 0.05) is 58.4 Å². The van der Waals surface area contributed by atoms with E-state index in [1.54, 1.807) is 46.7 Å². The van der Waals surface area contributed by atoms with Gasteiger partial charge in [0.1, 0.15) is 22.8 Å². The van der Waals surface area contributed by atoms with E-state index in [9.17, 15) is 32.3 Å². The third-order valence-corrected chi connectivity index (χ3v) is 13.2. The number of aliphatic hydroxyl groups excluding tert-OH is 1. The van der Waals surface area contributed by atoms with Gasteiger partial charge in [-0.3, -0.25) is 4.79 Å². The number of aryl methyl sites for hydroxylation is 1. The van der Waals surface area contributed by atoms with Crippen molar-refractivity contribution in [3.05, 3.63) is 160 Å². The van der Waals surface area contributed by atoms with Gasteiger partial charge < -0.3 is 33.7 Å². The Morgan fingerprint density at radius 2 is 1.23 bits per heavy atom. The number of amides is 2. The van der Waals surface area contributed by atoms with E-state index in [4.69, 9.17) is 14.2 Å². The molecule has 4 atom stereocenters. The van der Waals surface area contributed by atoms with E-state index < -0.39 is 27.3 Å². The lowest BCUT2D eigenvalue weighted by Crippen LogP contribution is -2.49. The van der Waals surface area contributed by atoms with Gasteiger partial charge in [0.2, 0.25) is 15.6 Å². The summed E-state index contributed by atoms with van der Waals surface area (Å²) in [4.78, 5) is 41.3. The van der Waals surface area contributed by atoms with Crippen LogP contribution in [0.15, 0.2) is 126 Å². The van der Waals surface area contributed by atoms with Crippen LogP contribution in [0.25, 0.3) is 11.1 Å². The third kappa shape index (κ3) is 12.0. The lowest BCUT2D eigenvalue weighted by atomic mass is 9.84. The Hall–Kier alpha value is -6.03. The average molecular weight is 911 g/mol. The summed E-state index contributed by atoms with van der Waals surface area (Å²) in [6.45, 7) is 5.25. The van der Waals surface area contributed by atoms with Gasteiger partial charge in [-0.2, -0.15) is 0 Å². The second kappa shape index (κ2) is 21.3. The number of sulfonamides is 1. The van der Waals surface area contributed by atoms with Gasteiger partial charge in [0.15, 0.2) is 0 Å². The van der Waals surface area contributed by atoms with Crippen molar-refractivity contribution in [3.63, 3.8) is 0 Å². The molecule has 7 rings (SSSR count). The van der Waals surface area contributed by atoms with E-state index in [0.717, 1.165) is 39.8 Å². The zero-order valence-corrected chi connectivity index (χ0v) is 38.4. The van der Waals surface area contributed by atoms with Gasteiger partial charge in [-0.25, -0.2) is 27.1 Å². The molecule has 0 saturated carbocycles. The number of nitrogens with one attached hydrogen (secondary N) is 1. The lowest BCUT2D eigenvalue weighted by Gasteiger charge is -2.43. The Morgan fingerprint density at radius 3 is 1.72 bits per heavy atom. The number of nitrogens with zero attached hydrogens (tertiary/aromatic N) is 3. The largest absolute Gasteiger partial charge is 0.497 e. The van der Waals surface area contributed by atoms with Crippen LogP contribution in [0.5, 0.6) is 5.75 Å². The molecule has 4 unspecified atom stereocenters. The topological polar surface area (TPSA) is 157 Å². The van der Waals surface area contributed by atoms with Gasteiger partial charge in [0.05, 0.1) is 25.4 Å². The van der Waals surface area contributed by atoms with Crippen molar-refractivity contribution in [2.24, 2.45) is 7.05 Å². The van der Waals surface area contributed by atoms with E-state index in [1.165, 1.54) is 12.1 Å². The first-order chi connectivity index (χ1) is 31.1. The summed E-state index contributed by atoms with van der Waals surface area (Å²) in [5.41, 5.74) is 3.92. The van der Waals surface area contributed by atoms with E-state index in [1.807, 2.05) is 105 Å². The van der Waals surface area contributed by atoms with Crippen LogP contribution >= 0.6 is 0 Å². The fourth-order valence-corrected chi connectivity index (χ4v) is 9.06. The van der Waals surface area contributed by atoms with Crippen molar-refractivity contribution in [3.8, 4) is 16.9 Å². The smallest absolute Gasteiger partial charge is 0.411 e. The first kappa shape index (κ1) is 48.4. The monoisotopic (exact) mass is 910 g/mol. The van der Waals surface area contributed by atoms with Crippen LogP contribution in [0.4, 0.5) is 14.0 Å². The molecule has 1 aromatic heterocycles. The minimum Gasteiger partial charge on any atom is -0.497 e. The Balaban J connectivity index is 0.000000216. The highest BCUT2D eigenvalue weighted by Crippen LogP contribution is 2.42. The number of benzene rings is 4. The molecule has 2 saturated heterocycles. The molecule has 2 aliphatic heterocycles. The predicted molar refractivity (Wildman–Crippen MR) is 247 cm³/mol. The number of cyclic esters (lactones) is 2. The number of carbonyl (C=O) groups excluding carboxylic acids is 2. The second-order valence-corrected chi connectivity index (χ2v) is 18.5. The van der Waals surface area contributed by atoms with Crippen LogP contribution in [-0.4, -0.2) is 79.7 Å². The molecule has 0 aliphatic carbocycles. The predicted octanol–water partition coefficient (Wildman–Crippen LogP) is 8.59. The molecular weight excluding hydrogens is 852 g/mol. The third-order valence-electron chi connectivity index (χ3n) is 12.4. The van der Waals surface area contributed by atoms with Crippen molar-refractivity contribution in [1.82, 2.24) is 19.1 Å². The van der Waals surface area contributed by atoms with Gasteiger partial charge in [-0.1, -0.05) is 78.9 Å². The van der Waals surface area contributed by atoms with Crippen molar-refractivity contribution in [1.29, 1.82) is 0 Å². The van der Waals surface area contributed by atoms with Gasteiger partial charge in [-0.15, -0.1) is 0 Å². The number of hydrogen-bond acceptors (Lipinski definition) is 9. The standard InChI is InChI=1S/C27H30N2O4.C23H29FN2O5S/c1-20(21-9-11-22(12-10-21)23-13-14-25(31)28(2)19-23)29-17-16-27(15-6-18-30,33-26(29)32)24-7-4-3-5-8-24;1-17(18-5-11-21(30-2)12-6-18)26-16-14-23(31-22(26)27,13-4-15-25-32(3,28)29)19-7-9-20(24)10-8-19/h3-5,7-14,19-20,30H,6,15-18H2,1-2H3;5-12,17,25H,4,13-16H2,1-3H3. The Bertz CT molecular complexity index is 2540. The Kier molecular flexibility index (Phi) is 15.9. The molecule has 0 spiro atoms. The average Bonchev–Trinajstić information content (AvgIpc) is 3.31. The van der Waals surface area contributed by atoms with Crippen LogP contribution in [0.1, 0.15) is 86.7 Å². The zero-order valence-electron chi connectivity index (χ0n) is 37.6. The first-order valence-corrected chi connectivity index (χ1v) is 23.7. The van der Waals surface area contributed by atoms with Crippen molar-refractivity contribution >= 4 is 22.2 Å². The number of methoxy groups -OCH3 is 1. The van der Waals surface area contributed by atoms with E-state index in [-0.39, 0.29) is 42.7 Å². The first-order valence-electron chi connectivity index (χ1n) is 21.8. The normalized spacial score (nSPS) is 19.6. The van der Waals surface area contributed by atoms with E-state index in [0.29, 0.717) is 57.2 Å². The fraction of sp³-hybridized carbons (Fsp3) is 0.380. The molecule has 3 heterocycles. The molecule has 2 fully saturated rings. The van der Waals surface area contributed by atoms with Gasteiger partial charge in [-0.05, 0) is 103 Å². The second-order valence-electron chi connectivity index (χ2n) is 16.7.